The van der Waals surface area contributed by atoms with E-state index >= 15 is 0 Å². The number of thiazole rings is 1. The van der Waals surface area contributed by atoms with Crippen molar-refractivity contribution in [1.82, 2.24) is 4.98 Å². The molecule has 0 aliphatic rings. The van der Waals surface area contributed by atoms with Gasteiger partial charge >= 0.3 is 0 Å². The van der Waals surface area contributed by atoms with Crippen molar-refractivity contribution < 1.29 is 4.79 Å². The molecule has 1 N–H and O–H groups in total. The van der Waals surface area contributed by atoms with Crippen molar-refractivity contribution in [2.45, 2.75) is 31.1 Å². The van der Waals surface area contributed by atoms with Crippen LogP contribution in [-0.2, 0) is 10.2 Å². The van der Waals surface area contributed by atoms with Crippen LogP contribution in [-0.4, -0.2) is 16.6 Å². The molecule has 0 unspecified atom stereocenters. The van der Waals surface area contributed by atoms with Crippen LogP contribution in [0.25, 0.3) is 10.8 Å². The lowest BCUT2D eigenvalue weighted by molar-refractivity contribution is -0.113. The molecular formula is C19H19ClN2OS2. The second kappa shape index (κ2) is 7.36. The molecule has 3 nitrogen and oxygen atoms in total. The molecule has 1 amide bonds. The number of nitrogens with one attached hydrogen (secondary N) is 1. The average molecular weight is 391 g/mol. The van der Waals surface area contributed by atoms with Crippen LogP contribution >= 0.6 is 34.7 Å². The standard InChI is InChI=1S/C19H19ClN2OS2/c1-19(2,3)15-10-25-18(21-15)22-16(23)11-24-14-9-5-7-12-6-4-8-13(20)17(12)14/h4-10H,11H2,1-3H3,(H,21,22,23). The van der Waals surface area contributed by atoms with Crippen LogP contribution in [0, 0.1) is 0 Å². The molecule has 3 rings (SSSR count). The number of nitrogens with zero attached hydrogens (tertiary/aromatic N) is 1. The smallest absolute Gasteiger partial charge is 0.236 e. The average Bonchev–Trinajstić information content (AvgIpc) is 3.02. The van der Waals surface area contributed by atoms with Gasteiger partial charge in [-0.2, -0.15) is 0 Å². The summed E-state index contributed by atoms with van der Waals surface area (Å²) < 4.78 is 0. The van der Waals surface area contributed by atoms with Gasteiger partial charge in [0.25, 0.3) is 0 Å². The molecular weight excluding hydrogens is 372 g/mol. The van der Waals surface area contributed by atoms with Crippen molar-refractivity contribution in [3.05, 3.63) is 52.5 Å². The molecule has 0 atom stereocenters. The summed E-state index contributed by atoms with van der Waals surface area (Å²) >= 11 is 9.27. The van der Waals surface area contributed by atoms with Gasteiger partial charge in [-0.05, 0) is 17.5 Å². The fourth-order valence-electron chi connectivity index (χ4n) is 2.36. The Labute approximate surface area is 160 Å². The van der Waals surface area contributed by atoms with E-state index in [1.54, 1.807) is 0 Å². The van der Waals surface area contributed by atoms with Crippen LogP contribution in [0.2, 0.25) is 5.02 Å². The van der Waals surface area contributed by atoms with E-state index in [4.69, 9.17) is 11.6 Å². The number of benzene rings is 2. The first-order valence-electron chi connectivity index (χ1n) is 7.90. The van der Waals surface area contributed by atoms with E-state index in [9.17, 15) is 4.79 Å². The highest BCUT2D eigenvalue weighted by molar-refractivity contribution is 8.00. The Bertz CT molecular complexity index is 910. The molecule has 6 heteroatoms. The first kappa shape index (κ1) is 18.2. The molecule has 3 aromatic rings. The number of rotatable bonds is 4. The van der Waals surface area contributed by atoms with Gasteiger partial charge in [0.15, 0.2) is 5.13 Å². The fourth-order valence-corrected chi connectivity index (χ4v) is 4.56. The topological polar surface area (TPSA) is 42.0 Å². The molecule has 0 fully saturated rings. The highest BCUT2D eigenvalue weighted by Crippen LogP contribution is 2.33. The Kier molecular flexibility index (Phi) is 5.37. The summed E-state index contributed by atoms with van der Waals surface area (Å²) in [6.45, 7) is 6.31. The van der Waals surface area contributed by atoms with Gasteiger partial charge in [-0.25, -0.2) is 4.98 Å². The third-order valence-electron chi connectivity index (χ3n) is 3.69. The molecule has 0 aliphatic carbocycles. The van der Waals surface area contributed by atoms with E-state index in [0.717, 1.165) is 21.4 Å². The van der Waals surface area contributed by atoms with Crippen molar-refractivity contribution in [3.8, 4) is 0 Å². The maximum absolute atomic E-state index is 12.3. The number of hydrogen-bond acceptors (Lipinski definition) is 4. The van der Waals surface area contributed by atoms with Crippen LogP contribution in [0.5, 0.6) is 0 Å². The van der Waals surface area contributed by atoms with Gasteiger partial charge in [0.1, 0.15) is 0 Å². The molecule has 0 aliphatic heterocycles. The second-order valence-corrected chi connectivity index (χ2v) is 9.00. The minimum atomic E-state index is -0.0659. The van der Waals surface area contributed by atoms with Crippen molar-refractivity contribution in [1.29, 1.82) is 0 Å². The van der Waals surface area contributed by atoms with Gasteiger partial charge in [-0.15, -0.1) is 23.1 Å². The lowest BCUT2D eigenvalue weighted by atomic mass is 9.93. The number of halogens is 1. The number of anilines is 1. The lowest BCUT2D eigenvalue weighted by Crippen LogP contribution is -2.15. The third kappa shape index (κ3) is 4.35. The molecule has 25 heavy (non-hydrogen) atoms. The van der Waals surface area contributed by atoms with Gasteiger partial charge in [0.2, 0.25) is 5.91 Å². The summed E-state index contributed by atoms with van der Waals surface area (Å²) in [6.07, 6.45) is 0. The summed E-state index contributed by atoms with van der Waals surface area (Å²) in [7, 11) is 0. The van der Waals surface area contributed by atoms with E-state index in [1.165, 1.54) is 23.1 Å². The zero-order chi connectivity index (χ0) is 18.0. The number of carbonyl (C=O) groups is 1. The molecule has 130 valence electrons. The Morgan fingerprint density at radius 2 is 1.96 bits per heavy atom. The van der Waals surface area contributed by atoms with Gasteiger partial charge in [-0.1, -0.05) is 56.6 Å². The number of carbonyl (C=O) groups excluding carboxylic acids is 1. The van der Waals surface area contributed by atoms with Crippen LogP contribution in [0.4, 0.5) is 5.13 Å². The van der Waals surface area contributed by atoms with Crippen molar-refractivity contribution in [2.75, 3.05) is 11.1 Å². The Balaban J connectivity index is 1.68. The summed E-state index contributed by atoms with van der Waals surface area (Å²) in [6, 6.07) is 11.8. The van der Waals surface area contributed by atoms with Crippen LogP contribution in [0.1, 0.15) is 26.5 Å². The molecule has 1 aromatic heterocycles. The van der Waals surface area contributed by atoms with E-state index in [0.29, 0.717) is 15.9 Å². The zero-order valence-electron chi connectivity index (χ0n) is 14.3. The Morgan fingerprint density at radius 3 is 2.64 bits per heavy atom. The highest BCUT2D eigenvalue weighted by Gasteiger charge is 2.18. The monoisotopic (exact) mass is 390 g/mol. The lowest BCUT2D eigenvalue weighted by Gasteiger charge is -2.14. The Morgan fingerprint density at radius 1 is 1.24 bits per heavy atom. The van der Waals surface area contributed by atoms with E-state index in [-0.39, 0.29) is 11.3 Å². The largest absolute Gasteiger partial charge is 0.301 e. The quantitative estimate of drug-likeness (QED) is 0.557. The molecule has 0 spiro atoms. The Hall–Kier alpha value is -1.56. The van der Waals surface area contributed by atoms with Gasteiger partial charge in [0.05, 0.1) is 11.4 Å². The number of fused-ring (bicyclic) bond motifs is 1. The van der Waals surface area contributed by atoms with Gasteiger partial charge in [-0.3, -0.25) is 4.79 Å². The predicted octanol–water partition coefficient (Wildman–Crippen LogP) is 5.98. The SMILES string of the molecule is CC(C)(C)c1csc(NC(=O)CSc2cccc3cccc(Cl)c23)n1. The number of thioether (sulfide) groups is 1. The van der Waals surface area contributed by atoms with E-state index in [2.05, 4.69) is 31.1 Å². The number of hydrogen-bond donors (Lipinski definition) is 1. The van der Waals surface area contributed by atoms with Gasteiger partial charge in [0, 0.05) is 26.1 Å². The van der Waals surface area contributed by atoms with Crippen LogP contribution in [0.3, 0.4) is 0 Å². The van der Waals surface area contributed by atoms with Gasteiger partial charge < -0.3 is 5.32 Å². The molecule has 0 bridgehead atoms. The number of aromatic nitrogens is 1. The minimum Gasteiger partial charge on any atom is -0.301 e. The summed E-state index contributed by atoms with van der Waals surface area (Å²) in [4.78, 5) is 17.8. The van der Waals surface area contributed by atoms with Crippen LogP contribution in [0.15, 0.2) is 46.7 Å². The summed E-state index contributed by atoms with van der Waals surface area (Å²) in [5.74, 6) is 0.248. The van der Waals surface area contributed by atoms with E-state index < -0.39 is 0 Å². The van der Waals surface area contributed by atoms with Crippen molar-refractivity contribution in [2.24, 2.45) is 0 Å². The molecule has 0 saturated heterocycles. The first-order valence-corrected chi connectivity index (χ1v) is 10.1. The zero-order valence-corrected chi connectivity index (χ0v) is 16.7. The predicted molar refractivity (Wildman–Crippen MR) is 109 cm³/mol. The van der Waals surface area contributed by atoms with E-state index in [1.807, 2.05) is 41.8 Å². The highest BCUT2D eigenvalue weighted by atomic mass is 35.5. The van der Waals surface area contributed by atoms with Crippen molar-refractivity contribution >= 4 is 56.5 Å². The molecule has 0 saturated carbocycles. The summed E-state index contributed by atoms with van der Waals surface area (Å²) in [5, 5.41) is 8.30. The normalized spacial score (nSPS) is 11.7. The molecule has 2 aromatic carbocycles. The number of amides is 1. The first-order chi connectivity index (χ1) is 11.8. The fraction of sp³-hybridized carbons (Fsp3) is 0.263. The molecule has 0 radical (unpaired) electrons. The van der Waals surface area contributed by atoms with Crippen LogP contribution < -0.4 is 5.32 Å². The third-order valence-corrected chi connectivity index (χ3v) is 5.82. The second-order valence-electron chi connectivity index (χ2n) is 6.72. The van der Waals surface area contributed by atoms with Crippen molar-refractivity contribution in [3.63, 3.8) is 0 Å². The maximum Gasteiger partial charge on any atom is 0.236 e. The summed E-state index contributed by atoms with van der Waals surface area (Å²) in [5.41, 5.74) is 0.967. The maximum atomic E-state index is 12.3. The minimum absolute atomic E-state index is 0.0199. The molecule has 1 heterocycles.